The van der Waals surface area contributed by atoms with Gasteiger partial charge >= 0.3 is 12.2 Å². The van der Waals surface area contributed by atoms with Crippen molar-refractivity contribution in [3.05, 3.63) is 29.8 Å². The minimum Gasteiger partial charge on any atom is -0.307 e. The molecule has 0 aromatic heterocycles. The summed E-state index contributed by atoms with van der Waals surface area (Å²) in [6.45, 7) is 3.83. The van der Waals surface area contributed by atoms with E-state index >= 15 is 0 Å². The van der Waals surface area contributed by atoms with Crippen LogP contribution in [0, 0.1) is 0 Å². The SMILES string of the molecule is CC(C)SN(C)C(=O)Nc1cccc(C(F)(F)F)c1. The Morgan fingerprint density at radius 1 is 1.37 bits per heavy atom. The van der Waals surface area contributed by atoms with Crippen molar-refractivity contribution < 1.29 is 18.0 Å². The Morgan fingerprint density at radius 2 is 2.00 bits per heavy atom. The Morgan fingerprint density at radius 3 is 2.53 bits per heavy atom. The molecule has 19 heavy (non-hydrogen) atoms. The van der Waals surface area contributed by atoms with Crippen molar-refractivity contribution in [1.29, 1.82) is 0 Å². The van der Waals surface area contributed by atoms with Crippen molar-refractivity contribution in [2.45, 2.75) is 25.3 Å². The molecular formula is C12H15F3N2OS. The van der Waals surface area contributed by atoms with E-state index in [1.807, 2.05) is 13.8 Å². The summed E-state index contributed by atoms with van der Waals surface area (Å²) in [5, 5.41) is 2.63. The van der Waals surface area contributed by atoms with Gasteiger partial charge in [-0.3, -0.25) is 4.31 Å². The number of carbonyl (C=O) groups is 1. The first-order valence-corrected chi connectivity index (χ1v) is 6.42. The monoisotopic (exact) mass is 292 g/mol. The first kappa shape index (κ1) is 15.7. The van der Waals surface area contributed by atoms with E-state index in [4.69, 9.17) is 0 Å². The quantitative estimate of drug-likeness (QED) is 0.846. The second kappa shape index (κ2) is 6.18. The lowest BCUT2D eigenvalue weighted by Crippen LogP contribution is -2.27. The molecule has 0 atom stereocenters. The molecule has 2 amide bonds. The summed E-state index contributed by atoms with van der Waals surface area (Å²) < 4.78 is 38.9. The van der Waals surface area contributed by atoms with Gasteiger partial charge < -0.3 is 5.32 Å². The van der Waals surface area contributed by atoms with E-state index in [0.29, 0.717) is 0 Å². The molecule has 0 bridgehead atoms. The van der Waals surface area contributed by atoms with Gasteiger partial charge in [0.25, 0.3) is 0 Å². The third kappa shape index (κ3) is 5.02. The van der Waals surface area contributed by atoms with Gasteiger partial charge in [-0.25, -0.2) is 4.79 Å². The van der Waals surface area contributed by atoms with Gasteiger partial charge in [0.15, 0.2) is 0 Å². The van der Waals surface area contributed by atoms with Crippen LogP contribution < -0.4 is 5.32 Å². The summed E-state index contributed by atoms with van der Waals surface area (Å²) in [7, 11) is 1.56. The van der Waals surface area contributed by atoms with Crippen molar-refractivity contribution >= 4 is 23.7 Å². The van der Waals surface area contributed by atoms with Crippen molar-refractivity contribution in [3.63, 3.8) is 0 Å². The van der Waals surface area contributed by atoms with Crippen LogP contribution in [-0.2, 0) is 6.18 Å². The third-order valence-electron chi connectivity index (χ3n) is 2.10. The number of hydrogen-bond donors (Lipinski definition) is 1. The maximum atomic E-state index is 12.5. The molecule has 106 valence electrons. The van der Waals surface area contributed by atoms with E-state index in [1.165, 1.54) is 28.4 Å². The first-order valence-electron chi connectivity index (χ1n) is 5.59. The number of nitrogens with one attached hydrogen (secondary N) is 1. The fourth-order valence-corrected chi connectivity index (χ4v) is 2.11. The molecule has 0 unspecified atom stereocenters. The van der Waals surface area contributed by atoms with Crippen LogP contribution in [0.3, 0.4) is 0 Å². The smallest absolute Gasteiger partial charge is 0.307 e. The Hall–Kier alpha value is -1.37. The predicted octanol–water partition coefficient (Wildman–Crippen LogP) is 4.23. The highest BCUT2D eigenvalue weighted by atomic mass is 32.2. The van der Waals surface area contributed by atoms with E-state index in [1.54, 1.807) is 7.05 Å². The van der Waals surface area contributed by atoms with Gasteiger partial charge in [-0.2, -0.15) is 13.2 Å². The average molecular weight is 292 g/mol. The van der Waals surface area contributed by atoms with Crippen LogP contribution in [0.4, 0.5) is 23.7 Å². The van der Waals surface area contributed by atoms with Crippen molar-refractivity contribution in [2.75, 3.05) is 12.4 Å². The summed E-state index contributed by atoms with van der Waals surface area (Å²) >= 11 is 1.29. The topological polar surface area (TPSA) is 32.3 Å². The largest absolute Gasteiger partial charge is 0.416 e. The highest BCUT2D eigenvalue weighted by Gasteiger charge is 2.30. The number of rotatable bonds is 3. The maximum Gasteiger partial charge on any atom is 0.416 e. The summed E-state index contributed by atoms with van der Waals surface area (Å²) in [6, 6.07) is 4.08. The summed E-state index contributed by atoms with van der Waals surface area (Å²) in [5.74, 6) is 0. The van der Waals surface area contributed by atoms with Crippen molar-refractivity contribution in [3.8, 4) is 0 Å². The molecular weight excluding hydrogens is 277 g/mol. The van der Waals surface area contributed by atoms with Crippen LogP contribution in [-0.4, -0.2) is 22.6 Å². The predicted molar refractivity (Wildman–Crippen MR) is 71.0 cm³/mol. The molecule has 0 spiro atoms. The fraction of sp³-hybridized carbons (Fsp3) is 0.417. The second-order valence-electron chi connectivity index (χ2n) is 4.16. The number of hydrogen-bond acceptors (Lipinski definition) is 2. The van der Waals surface area contributed by atoms with E-state index in [9.17, 15) is 18.0 Å². The molecule has 0 fully saturated rings. The highest BCUT2D eigenvalue weighted by molar-refractivity contribution is 7.98. The molecule has 1 N–H and O–H groups in total. The number of urea groups is 1. The van der Waals surface area contributed by atoms with Crippen LogP contribution >= 0.6 is 11.9 Å². The third-order valence-corrected chi connectivity index (χ3v) is 3.00. The molecule has 0 aliphatic heterocycles. The molecule has 1 aromatic rings. The van der Waals surface area contributed by atoms with Crippen LogP contribution in [0.2, 0.25) is 0 Å². The zero-order valence-corrected chi connectivity index (χ0v) is 11.6. The number of amides is 2. The lowest BCUT2D eigenvalue weighted by molar-refractivity contribution is -0.137. The van der Waals surface area contributed by atoms with Gasteiger partial charge in [0.1, 0.15) is 0 Å². The molecule has 7 heteroatoms. The Balaban J connectivity index is 2.75. The van der Waals surface area contributed by atoms with Crippen LogP contribution in [0.25, 0.3) is 0 Å². The summed E-state index contributed by atoms with van der Waals surface area (Å²) in [5.41, 5.74) is -0.666. The number of carbonyl (C=O) groups excluding carboxylic acids is 1. The molecule has 1 rings (SSSR count). The van der Waals surface area contributed by atoms with Crippen LogP contribution in [0.1, 0.15) is 19.4 Å². The van der Waals surface area contributed by atoms with Crippen molar-refractivity contribution in [1.82, 2.24) is 4.31 Å². The lowest BCUT2D eigenvalue weighted by atomic mass is 10.2. The van der Waals surface area contributed by atoms with Crippen molar-refractivity contribution in [2.24, 2.45) is 0 Å². The molecule has 0 saturated heterocycles. The molecule has 0 saturated carbocycles. The lowest BCUT2D eigenvalue weighted by Gasteiger charge is -2.19. The van der Waals surface area contributed by atoms with Crippen LogP contribution in [0.15, 0.2) is 24.3 Å². The Kier molecular flexibility index (Phi) is 5.11. The zero-order valence-electron chi connectivity index (χ0n) is 10.8. The van der Waals surface area contributed by atoms with Gasteiger partial charge in [0.2, 0.25) is 0 Å². The van der Waals surface area contributed by atoms with Gasteiger partial charge in [-0.1, -0.05) is 19.9 Å². The molecule has 0 aliphatic rings. The Labute approximate surface area is 114 Å². The number of alkyl halides is 3. The minimum absolute atomic E-state index is 0.121. The first-order chi connectivity index (χ1) is 8.70. The van der Waals surface area contributed by atoms with Gasteiger partial charge in [-0.05, 0) is 30.1 Å². The van der Waals surface area contributed by atoms with E-state index in [0.717, 1.165) is 12.1 Å². The summed E-state index contributed by atoms with van der Waals surface area (Å²) in [6.07, 6.45) is -4.42. The second-order valence-corrected chi connectivity index (χ2v) is 5.86. The number of benzene rings is 1. The number of anilines is 1. The Bertz CT molecular complexity index is 449. The molecule has 0 radical (unpaired) electrons. The number of halogens is 3. The van der Waals surface area contributed by atoms with E-state index in [2.05, 4.69) is 5.32 Å². The van der Waals surface area contributed by atoms with E-state index in [-0.39, 0.29) is 10.9 Å². The van der Waals surface area contributed by atoms with Gasteiger partial charge in [0.05, 0.1) is 5.56 Å². The highest BCUT2D eigenvalue weighted by Crippen LogP contribution is 2.30. The standard InChI is InChI=1S/C12H15F3N2OS/c1-8(2)19-17(3)11(18)16-10-6-4-5-9(7-10)12(13,14)15/h4-8H,1-3H3,(H,16,18). The maximum absolute atomic E-state index is 12.5. The average Bonchev–Trinajstić information content (AvgIpc) is 2.27. The zero-order chi connectivity index (χ0) is 14.6. The summed E-state index contributed by atoms with van der Waals surface area (Å²) in [4.78, 5) is 11.7. The molecule has 0 aliphatic carbocycles. The van der Waals surface area contributed by atoms with Gasteiger partial charge in [-0.15, -0.1) is 0 Å². The van der Waals surface area contributed by atoms with Gasteiger partial charge in [0, 0.05) is 18.0 Å². The minimum atomic E-state index is -4.42. The van der Waals surface area contributed by atoms with E-state index < -0.39 is 17.8 Å². The normalized spacial score (nSPS) is 11.5. The fourth-order valence-electron chi connectivity index (χ4n) is 1.34. The molecule has 3 nitrogen and oxygen atoms in total. The number of nitrogens with zero attached hydrogens (tertiary/aromatic N) is 1. The molecule has 1 aromatic carbocycles. The molecule has 0 heterocycles. The van der Waals surface area contributed by atoms with Crippen LogP contribution in [0.5, 0.6) is 0 Å².